The molecule has 0 atom stereocenters. The minimum atomic E-state index is -0.498. The zero-order valence-electron chi connectivity index (χ0n) is 13.8. The van der Waals surface area contributed by atoms with Crippen molar-refractivity contribution in [3.05, 3.63) is 60.4 Å². The van der Waals surface area contributed by atoms with Gasteiger partial charge in [0.05, 0.1) is 11.4 Å². The number of urea groups is 1. The second-order valence-corrected chi connectivity index (χ2v) is 7.33. The Balaban J connectivity index is 1.47. The van der Waals surface area contributed by atoms with Crippen LogP contribution >= 0.6 is 23.1 Å². The Kier molecular flexibility index (Phi) is 6.34. The fourth-order valence-corrected chi connectivity index (χ4v) is 3.52. The third-order valence-corrected chi connectivity index (χ3v) is 5.11. The van der Waals surface area contributed by atoms with E-state index in [1.807, 2.05) is 18.2 Å². The highest BCUT2D eigenvalue weighted by molar-refractivity contribution is 8.01. The average Bonchev–Trinajstić information content (AvgIpc) is 3.10. The number of anilines is 3. The maximum Gasteiger partial charge on any atom is 0.325 e. The van der Waals surface area contributed by atoms with Crippen molar-refractivity contribution in [1.29, 1.82) is 0 Å². The molecule has 0 aliphatic heterocycles. The van der Waals surface area contributed by atoms with Crippen molar-refractivity contribution in [1.82, 2.24) is 10.2 Å². The van der Waals surface area contributed by atoms with E-state index in [4.69, 9.17) is 0 Å². The first kappa shape index (κ1) is 18.8. The molecule has 0 saturated heterocycles. The number of thioether (sulfide) groups is 1. The number of carbonyl (C=O) groups is 2. The van der Waals surface area contributed by atoms with Crippen molar-refractivity contribution in [2.45, 2.75) is 4.34 Å². The number of nitrogens with zero attached hydrogens (tertiary/aromatic N) is 2. The molecular weight excluding hydrogens is 389 g/mol. The van der Waals surface area contributed by atoms with Crippen LogP contribution in [0.25, 0.3) is 0 Å². The van der Waals surface area contributed by atoms with Crippen molar-refractivity contribution in [2.75, 3.05) is 21.7 Å². The number of hydrogen-bond acceptors (Lipinski definition) is 6. The van der Waals surface area contributed by atoms with Crippen LogP contribution in [0.1, 0.15) is 0 Å². The lowest BCUT2D eigenvalue weighted by atomic mass is 10.3. The summed E-state index contributed by atoms with van der Waals surface area (Å²) in [7, 11) is 0. The van der Waals surface area contributed by atoms with Crippen LogP contribution in [-0.4, -0.2) is 27.9 Å². The molecule has 0 fully saturated rings. The van der Waals surface area contributed by atoms with Gasteiger partial charge in [-0.25, -0.2) is 9.18 Å². The summed E-state index contributed by atoms with van der Waals surface area (Å²) >= 11 is 2.28. The minimum absolute atomic E-state index is 0.0409. The molecule has 0 aliphatic rings. The van der Waals surface area contributed by atoms with Crippen molar-refractivity contribution in [2.24, 2.45) is 0 Å². The highest BCUT2D eigenvalue weighted by Gasteiger charge is 2.11. The molecule has 0 saturated carbocycles. The highest BCUT2D eigenvalue weighted by atomic mass is 32.2. The van der Waals surface area contributed by atoms with Crippen LogP contribution in [0.15, 0.2) is 58.9 Å². The Hall–Kier alpha value is -2.98. The van der Waals surface area contributed by atoms with E-state index in [2.05, 4.69) is 26.1 Å². The number of benzene rings is 2. The molecule has 0 unspecified atom stereocenters. The van der Waals surface area contributed by atoms with E-state index in [1.165, 1.54) is 12.1 Å². The maximum absolute atomic E-state index is 13.5. The normalized spacial score (nSPS) is 10.3. The molecule has 1 aromatic heterocycles. The molecule has 3 amide bonds. The molecule has 2 aromatic carbocycles. The lowest BCUT2D eigenvalue weighted by Crippen LogP contribution is -2.19. The predicted octanol–water partition coefficient (Wildman–Crippen LogP) is 4.05. The van der Waals surface area contributed by atoms with Gasteiger partial charge in [0.1, 0.15) is 5.82 Å². The van der Waals surface area contributed by atoms with Crippen LogP contribution in [0.2, 0.25) is 0 Å². The molecule has 7 nitrogen and oxygen atoms in total. The molecular formula is C17H14FN5O2S2. The van der Waals surface area contributed by atoms with E-state index >= 15 is 0 Å². The first-order valence-electron chi connectivity index (χ1n) is 7.74. The van der Waals surface area contributed by atoms with Gasteiger partial charge in [0.2, 0.25) is 11.0 Å². The van der Waals surface area contributed by atoms with Crippen LogP contribution < -0.4 is 16.0 Å². The third-order valence-electron chi connectivity index (χ3n) is 3.13. The number of aromatic nitrogens is 2. The molecule has 1 heterocycles. The molecule has 3 N–H and O–H groups in total. The van der Waals surface area contributed by atoms with Crippen LogP contribution in [-0.2, 0) is 4.79 Å². The van der Waals surface area contributed by atoms with Crippen molar-refractivity contribution in [3.8, 4) is 0 Å². The molecule has 0 spiro atoms. The zero-order valence-corrected chi connectivity index (χ0v) is 15.4. The Morgan fingerprint density at radius 3 is 2.48 bits per heavy atom. The third kappa shape index (κ3) is 5.76. The van der Waals surface area contributed by atoms with Crippen LogP contribution in [0.4, 0.5) is 25.7 Å². The number of carbonyl (C=O) groups excluding carboxylic acids is 2. The van der Waals surface area contributed by atoms with Gasteiger partial charge in [0.25, 0.3) is 0 Å². The predicted molar refractivity (Wildman–Crippen MR) is 105 cm³/mol. The number of hydrogen-bond donors (Lipinski definition) is 3. The molecule has 27 heavy (non-hydrogen) atoms. The topological polar surface area (TPSA) is 96.0 Å². The van der Waals surface area contributed by atoms with Gasteiger partial charge in [-0.3, -0.25) is 10.1 Å². The molecule has 0 bridgehead atoms. The number of halogens is 1. The van der Waals surface area contributed by atoms with Crippen LogP contribution in [0.5, 0.6) is 0 Å². The Bertz CT molecular complexity index is 936. The zero-order chi connectivity index (χ0) is 19.1. The summed E-state index contributed by atoms with van der Waals surface area (Å²) in [6.07, 6.45) is 0. The quantitative estimate of drug-likeness (QED) is 0.426. The first-order valence-corrected chi connectivity index (χ1v) is 9.54. The summed E-state index contributed by atoms with van der Waals surface area (Å²) in [6, 6.07) is 14.5. The highest BCUT2D eigenvalue weighted by Crippen LogP contribution is 2.26. The average molecular weight is 403 g/mol. The standard InChI is InChI=1S/C17H14FN5O2S2/c18-12-8-4-5-9-13(12)20-14(24)10-26-17-23-22-16(27-17)21-15(25)19-11-6-2-1-3-7-11/h1-9H,10H2,(H,20,24)(H2,19,21,22,25). The Labute approximate surface area is 162 Å². The summed E-state index contributed by atoms with van der Waals surface area (Å²) in [4.78, 5) is 23.8. The summed E-state index contributed by atoms with van der Waals surface area (Å²) in [6.45, 7) is 0. The van der Waals surface area contributed by atoms with Crippen molar-refractivity contribution >= 4 is 51.5 Å². The lowest BCUT2D eigenvalue weighted by Gasteiger charge is -2.04. The smallest absolute Gasteiger partial charge is 0.323 e. The Morgan fingerprint density at radius 2 is 1.70 bits per heavy atom. The maximum atomic E-state index is 13.5. The van der Waals surface area contributed by atoms with Gasteiger partial charge >= 0.3 is 6.03 Å². The van der Waals surface area contributed by atoms with Gasteiger partial charge in [-0.2, -0.15) is 0 Å². The van der Waals surface area contributed by atoms with E-state index in [0.717, 1.165) is 23.1 Å². The molecule has 0 aliphatic carbocycles. The van der Waals surface area contributed by atoms with Crippen LogP contribution in [0, 0.1) is 5.82 Å². The van der Waals surface area contributed by atoms with E-state index in [-0.39, 0.29) is 17.3 Å². The van der Waals surface area contributed by atoms with E-state index < -0.39 is 11.8 Å². The van der Waals surface area contributed by atoms with Gasteiger partial charge in [0.15, 0.2) is 4.34 Å². The molecule has 3 aromatic rings. The van der Waals surface area contributed by atoms with Gasteiger partial charge in [-0.1, -0.05) is 53.4 Å². The second kappa shape index (κ2) is 9.10. The second-order valence-electron chi connectivity index (χ2n) is 5.13. The number of nitrogens with one attached hydrogen (secondary N) is 3. The van der Waals surface area contributed by atoms with Gasteiger partial charge in [-0.15, -0.1) is 10.2 Å². The van der Waals surface area contributed by atoms with E-state index in [1.54, 1.807) is 24.3 Å². The fourth-order valence-electron chi connectivity index (χ4n) is 1.98. The minimum Gasteiger partial charge on any atom is -0.323 e. The van der Waals surface area contributed by atoms with Crippen LogP contribution in [0.3, 0.4) is 0 Å². The summed E-state index contributed by atoms with van der Waals surface area (Å²) < 4.78 is 14.0. The Morgan fingerprint density at radius 1 is 0.963 bits per heavy atom. The molecule has 0 radical (unpaired) electrons. The lowest BCUT2D eigenvalue weighted by molar-refractivity contribution is -0.113. The van der Waals surface area contributed by atoms with Gasteiger partial charge in [0, 0.05) is 5.69 Å². The monoisotopic (exact) mass is 403 g/mol. The summed E-state index contributed by atoms with van der Waals surface area (Å²) in [5.41, 5.74) is 0.777. The summed E-state index contributed by atoms with van der Waals surface area (Å²) in [5, 5.41) is 15.8. The molecule has 3 rings (SSSR count). The fraction of sp³-hybridized carbons (Fsp3) is 0.0588. The SMILES string of the molecule is O=C(CSc1nnc(NC(=O)Nc2ccccc2)s1)Nc1ccccc1F. The molecule has 10 heteroatoms. The summed E-state index contributed by atoms with van der Waals surface area (Å²) in [5.74, 6) is -0.821. The van der Waals surface area contributed by atoms with E-state index in [0.29, 0.717) is 15.2 Å². The largest absolute Gasteiger partial charge is 0.325 e. The molecule has 138 valence electrons. The number of amides is 3. The number of rotatable bonds is 6. The van der Waals surface area contributed by atoms with Crippen molar-refractivity contribution < 1.29 is 14.0 Å². The number of para-hydroxylation sites is 2. The van der Waals surface area contributed by atoms with E-state index in [9.17, 15) is 14.0 Å². The van der Waals surface area contributed by atoms with Gasteiger partial charge < -0.3 is 10.6 Å². The first-order chi connectivity index (χ1) is 13.1. The van der Waals surface area contributed by atoms with Gasteiger partial charge in [-0.05, 0) is 24.3 Å². The van der Waals surface area contributed by atoms with Crippen molar-refractivity contribution in [3.63, 3.8) is 0 Å².